The summed E-state index contributed by atoms with van der Waals surface area (Å²) in [6.07, 6.45) is 0.274. The molecular formula is C15H18O4S. The van der Waals surface area contributed by atoms with Crippen molar-refractivity contribution in [2.75, 3.05) is 24.7 Å². The summed E-state index contributed by atoms with van der Waals surface area (Å²) in [5.74, 6) is 0.666. The van der Waals surface area contributed by atoms with Gasteiger partial charge in [0.25, 0.3) is 0 Å². The van der Waals surface area contributed by atoms with E-state index in [4.69, 9.17) is 9.84 Å². The van der Waals surface area contributed by atoms with E-state index in [2.05, 4.69) is 0 Å². The van der Waals surface area contributed by atoms with E-state index in [0.717, 1.165) is 10.8 Å². The molecule has 4 nitrogen and oxygen atoms in total. The van der Waals surface area contributed by atoms with Crippen molar-refractivity contribution >= 4 is 20.6 Å². The van der Waals surface area contributed by atoms with Crippen molar-refractivity contribution < 1.29 is 18.3 Å². The van der Waals surface area contributed by atoms with Crippen molar-refractivity contribution in [2.24, 2.45) is 0 Å². The Balaban J connectivity index is 2.00. The summed E-state index contributed by atoms with van der Waals surface area (Å²) in [6, 6.07) is 13.5. The van der Waals surface area contributed by atoms with Gasteiger partial charge in [-0.15, -0.1) is 0 Å². The van der Waals surface area contributed by atoms with Gasteiger partial charge >= 0.3 is 0 Å². The molecule has 0 saturated heterocycles. The maximum absolute atomic E-state index is 11.7. The van der Waals surface area contributed by atoms with Crippen LogP contribution in [0.1, 0.15) is 6.42 Å². The minimum absolute atomic E-state index is 0.00238. The molecule has 108 valence electrons. The number of ether oxygens (including phenoxy) is 1. The predicted molar refractivity (Wildman–Crippen MR) is 79.8 cm³/mol. The minimum atomic E-state index is -3.15. The summed E-state index contributed by atoms with van der Waals surface area (Å²) in [5.41, 5.74) is 0. The van der Waals surface area contributed by atoms with E-state index in [-0.39, 0.29) is 31.1 Å². The monoisotopic (exact) mass is 294 g/mol. The van der Waals surface area contributed by atoms with Crippen molar-refractivity contribution in [3.05, 3.63) is 42.5 Å². The summed E-state index contributed by atoms with van der Waals surface area (Å²) < 4.78 is 28.9. The summed E-state index contributed by atoms with van der Waals surface area (Å²) >= 11 is 0. The maximum atomic E-state index is 11.7. The first-order chi connectivity index (χ1) is 9.62. The molecule has 1 N–H and O–H groups in total. The van der Waals surface area contributed by atoms with Crippen molar-refractivity contribution in [2.45, 2.75) is 6.42 Å². The molecular weight excluding hydrogens is 276 g/mol. The molecule has 0 aliphatic carbocycles. The highest BCUT2D eigenvalue weighted by Crippen LogP contribution is 2.25. The number of rotatable bonds is 7. The van der Waals surface area contributed by atoms with Gasteiger partial charge in [0.2, 0.25) is 0 Å². The van der Waals surface area contributed by atoms with E-state index in [1.165, 1.54) is 0 Å². The molecule has 0 bridgehead atoms. The van der Waals surface area contributed by atoms with E-state index in [9.17, 15) is 8.42 Å². The van der Waals surface area contributed by atoms with Gasteiger partial charge in [-0.3, -0.25) is 0 Å². The Morgan fingerprint density at radius 2 is 1.75 bits per heavy atom. The number of fused-ring (bicyclic) bond motifs is 1. The lowest BCUT2D eigenvalue weighted by atomic mass is 10.1. The first kappa shape index (κ1) is 14.8. The van der Waals surface area contributed by atoms with E-state index in [0.29, 0.717) is 5.75 Å². The van der Waals surface area contributed by atoms with Gasteiger partial charge in [-0.05, 0) is 17.9 Å². The molecule has 0 unspecified atom stereocenters. The molecule has 0 amide bonds. The largest absolute Gasteiger partial charge is 0.492 e. The number of benzene rings is 2. The third-order valence-corrected chi connectivity index (χ3v) is 4.71. The Kier molecular flexibility index (Phi) is 4.98. The smallest absolute Gasteiger partial charge is 0.153 e. The van der Waals surface area contributed by atoms with Crippen LogP contribution in [-0.4, -0.2) is 38.2 Å². The van der Waals surface area contributed by atoms with Crippen LogP contribution in [0.4, 0.5) is 0 Å². The molecule has 0 aliphatic rings. The lowest BCUT2D eigenvalue weighted by Crippen LogP contribution is -2.17. The molecule has 5 heteroatoms. The van der Waals surface area contributed by atoms with Crippen molar-refractivity contribution in [1.82, 2.24) is 0 Å². The SMILES string of the molecule is O=S(=O)(CCCO)CCOc1cccc2ccccc12. The van der Waals surface area contributed by atoms with Crippen molar-refractivity contribution in [3.8, 4) is 5.75 Å². The molecule has 0 spiro atoms. The zero-order chi connectivity index (χ0) is 14.4. The third-order valence-electron chi connectivity index (χ3n) is 3.01. The van der Waals surface area contributed by atoms with Gasteiger partial charge in [-0.1, -0.05) is 36.4 Å². The van der Waals surface area contributed by atoms with Crippen molar-refractivity contribution in [1.29, 1.82) is 0 Å². The number of hydrogen-bond acceptors (Lipinski definition) is 4. The normalized spacial score (nSPS) is 11.7. The fourth-order valence-corrected chi connectivity index (χ4v) is 3.10. The molecule has 0 atom stereocenters. The van der Waals surface area contributed by atoms with Gasteiger partial charge in [0, 0.05) is 12.0 Å². The van der Waals surface area contributed by atoms with E-state index in [1.807, 2.05) is 42.5 Å². The molecule has 2 aromatic carbocycles. The number of hydrogen-bond donors (Lipinski definition) is 1. The predicted octanol–water partition coefficient (Wildman–Crippen LogP) is 2.02. The van der Waals surface area contributed by atoms with Gasteiger partial charge < -0.3 is 9.84 Å². The quantitative estimate of drug-likeness (QED) is 0.848. The van der Waals surface area contributed by atoms with Gasteiger partial charge in [0.15, 0.2) is 9.84 Å². The van der Waals surface area contributed by atoms with Crippen LogP contribution >= 0.6 is 0 Å². The Bertz CT molecular complexity index is 659. The van der Waals surface area contributed by atoms with E-state index in [1.54, 1.807) is 0 Å². The molecule has 20 heavy (non-hydrogen) atoms. The van der Waals surface area contributed by atoms with Crippen LogP contribution in [0.25, 0.3) is 10.8 Å². The standard InChI is InChI=1S/C15H18O4S/c16-9-4-11-20(17,18)12-10-19-15-8-3-6-13-5-1-2-7-14(13)15/h1-3,5-8,16H,4,9-12H2. The highest BCUT2D eigenvalue weighted by atomic mass is 32.2. The first-order valence-electron chi connectivity index (χ1n) is 6.54. The van der Waals surface area contributed by atoms with Crippen LogP contribution < -0.4 is 4.74 Å². The summed E-state index contributed by atoms with van der Waals surface area (Å²) in [5, 5.41) is 10.7. The fraction of sp³-hybridized carbons (Fsp3) is 0.333. The zero-order valence-electron chi connectivity index (χ0n) is 11.2. The highest BCUT2D eigenvalue weighted by molar-refractivity contribution is 7.91. The Morgan fingerprint density at radius 3 is 2.55 bits per heavy atom. The number of aliphatic hydroxyl groups excluding tert-OH is 1. The average molecular weight is 294 g/mol. The average Bonchev–Trinajstić information content (AvgIpc) is 2.45. The van der Waals surface area contributed by atoms with Crippen LogP contribution in [0.15, 0.2) is 42.5 Å². The lowest BCUT2D eigenvalue weighted by molar-refractivity contribution is 0.295. The molecule has 0 aromatic heterocycles. The van der Waals surface area contributed by atoms with Gasteiger partial charge in [-0.25, -0.2) is 8.42 Å². The highest BCUT2D eigenvalue weighted by Gasteiger charge is 2.11. The molecule has 0 radical (unpaired) electrons. The third kappa shape index (κ3) is 3.95. The van der Waals surface area contributed by atoms with Gasteiger partial charge in [0.1, 0.15) is 12.4 Å². The Labute approximate surface area is 118 Å². The Hall–Kier alpha value is -1.59. The first-order valence-corrected chi connectivity index (χ1v) is 8.36. The molecule has 0 saturated carbocycles. The molecule has 2 aromatic rings. The summed E-state index contributed by atoms with van der Waals surface area (Å²) in [6.45, 7) is 0.0190. The number of sulfone groups is 1. The Morgan fingerprint density at radius 1 is 1.00 bits per heavy atom. The lowest BCUT2D eigenvalue weighted by Gasteiger charge is -2.09. The van der Waals surface area contributed by atoms with E-state index < -0.39 is 9.84 Å². The van der Waals surface area contributed by atoms with E-state index >= 15 is 0 Å². The van der Waals surface area contributed by atoms with Gasteiger partial charge in [0.05, 0.1) is 11.5 Å². The molecule has 0 aliphatic heterocycles. The topological polar surface area (TPSA) is 63.6 Å². The molecule has 0 heterocycles. The fourth-order valence-electron chi connectivity index (χ4n) is 1.99. The maximum Gasteiger partial charge on any atom is 0.153 e. The van der Waals surface area contributed by atoms with Crippen LogP contribution in [0.5, 0.6) is 5.75 Å². The second-order valence-corrected chi connectivity index (χ2v) is 6.86. The summed E-state index contributed by atoms with van der Waals surface area (Å²) in [4.78, 5) is 0. The summed E-state index contributed by atoms with van der Waals surface area (Å²) in [7, 11) is -3.15. The molecule has 2 rings (SSSR count). The number of aliphatic hydroxyl groups is 1. The van der Waals surface area contributed by atoms with Crippen LogP contribution in [0, 0.1) is 0 Å². The van der Waals surface area contributed by atoms with Crippen LogP contribution in [0.3, 0.4) is 0 Å². The van der Waals surface area contributed by atoms with Crippen LogP contribution in [0.2, 0.25) is 0 Å². The van der Waals surface area contributed by atoms with Crippen LogP contribution in [-0.2, 0) is 9.84 Å². The second-order valence-electron chi connectivity index (χ2n) is 4.55. The molecule has 0 fully saturated rings. The van der Waals surface area contributed by atoms with Gasteiger partial charge in [-0.2, -0.15) is 0 Å². The van der Waals surface area contributed by atoms with Crippen molar-refractivity contribution in [3.63, 3.8) is 0 Å². The second kappa shape index (κ2) is 6.72. The minimum Gasteiger partial charge on any atom is -0.492 e. The zero-order valence-corrected chi connectivity index (χ0v) is 12.0.